The lowest BCUT2D eigenvalue weighted by Crippen LogP contribution is -2.51. The molecule has 2 aliphatic rings. The number of ether oxygens (including phenoxy) is 2. The third kappa shape index (κ3) is 4.59. The number of hydrogen-bond donors (Lipinski definition) is 2. The molecule has 2 fully saturated rings. The predicted molar refractivity (Wildman–Crippen MR) is 108 cm³/mol. The first-order valence-corrected chi connectivity index (χ1v) is 11.3. The summed E-state index contributed by atoms with van der Waals surface area (Å²) in [5.74, 6) is 5.42. The van der Waals surface area contributed by atoms with E-state index in [0.29, 0.717) is 12.3 Å². The Bertz CT molecular complexity index is 975. The fourth-order valence-corrected chi connectivity index (χ4v) is 4.23. The minimum Gasteiger partial charge on any atom is -0.444 e. The van der Waals surface area contributed by atoms with Crippen LogP contribution in [0.25, 0.3) is 0 Å². The van der Waals surface area contributed by atoms with Crippen molar-refractivity contribution >= 4 is 27.5 Å². The van der Waals surface area contributed by atoms with Crippen LogP contribution in [-0.2, 0) is 24.1 Å². The Kier molecular flexibility index (Phi) is 6.36. The molecule has 0 aliphatic carbocycles. The molecule has 10 heteroatoms. The fraction of sp³-hybridized carbons (Fsp3) is 0.500. The number of nitrogens with one attached hydrogen (secondary N) is 1. The van der Waals surface area contributed by atoms with Gasteiger partial charge in [0, 0.05) is 36.5 Å². The molecule has 3 atom stereocenters. The van der Waals surface area contributed by atoms with Crippen LogP contribution in [0, 0.1) is 17.8 Å². The molecule has 2 heterocycles. The van der Waals surface area contributed by atoms with E-state index in [1.54, 1.807) is 24.3 Å². The second-order valence-corrected chi connectivity index (χ2v) is 10.1. The van der Waals surface area contributed by atoms with Crippen LogP contribution in [0.1, 0.15) is 25.3 Å². The smallest absolute Gasteiger partial charge is 0.414 e. The Hall–Kier alpha value is -2.61. The molecule has 1 aromatic rings. The van der Waals surface area contributed by atoms with Crippen LogP contribution in [-0.4, -0.2) is 62.5 Å². The summed E-state index contributed by atoms with van der Waals surface area (Å²) < 4.78 is 32.9. The molecule has 2 saturated heterocycles. The first-order valence-electron chi connectivity index (χ1n) is 9.45. The van der Waals surface area contributed by atoms with Crippen LogP contribution in [0.5, 0.6) is 0 Å². The molecule has 2 aliphatic heterocycles. The SMILES string of the molecule is CC(CC1CN(c2ccc(C#CC3CCOC3)cc2)C(=O)O1)(C(=O)NO)S(C)(=O)=O. The number of carbonyl (C=O) groups is 2. The highest BCUT2D eigenvalue weighted by molar-refractivity contribution is 7.92. The standard InChI is InChI=1S/C20H24N2O7S/c1-20(18(23)21-25,30(2,26)27)11-17-12-22(19(24)29-17)16-7-5-14(6-8-16)3-4-15-9-10-28-13-15/h5-8,15,17,25H,9-13H2,1-2H3,(H,21,23). The molecule has 30 heavy (non-hydrogen) atoms. The Labute approximate surface area is 175 Å². The maximum atomic E-state index is 12.3. The summed E-state index contributed by atoms with van der Waals surface area (Å²) in [6.45, 7) is 2.64. The molecule has 1 aromatic carbocycles. The third-order valence-electron chi connectivity index (χ3n) is 5.42. The number of sulfone groups is 1. The number of carbonyl (C=O) groups excluding carboxylic acids is 2. The molecular formula is C20H24N2O7S. The summed E-state index contributed by atoms with van der Waals surface area (Å²) in [5.41, 5.74) is 2.76. The average Bonchev–Trinajstić information content (AvgIpc) is 3.34. The van der Waals surface area contributed by atoms with Crippen molar-refractivity contribution in [3.05, 3.63) is 29.8 Å². The highest BCUT2D eigenvalue weighted by atomic mass is 32.2. The molecular weight excluding hydrogens is 412 g/mol. The zero-order valence-electron chi connectivity index (χ0n) is 16.8. The van der Waals surface area contributed by atoms with Crippen LogP contribution >= 0.6 is 0 Å². The van der Waals surface area contributed by atoms with E-state index in [9.17, 15) is 18.0 Å². The molecule has 0 aromatic heterocycles. The average molecular weight is 436 g/mol. The number of amides is 2. The van der Waals surface area contributed by atoms with Gasteiger partial charge in [-0.2, -0.15) is 0 Å². The van der Waals surface area contributed by atoms with Crippen LogP contribution in [0.15, 0.2) is 24.3 Å². The number of hydrogen-bond acceptors (Lipinski definition) is 7. The quantitative estimate of drug-likeness (QED) is 0.403. The second kappa shape index (κ2) is 8.63. The van der Waals surface area contributed by atoms with Gasteiger partial charge in [-0.15, -0.1) is 0 Å². The Morgan fingerprint density at radius 1 is 1.37 bits per heavy atom. The Morgan fingerprint density at radius 3 is 2.63 bits per heavy atom. The Balaban J connectivity index is 1.70. The third-order valence-corrected chi connectivity index (χ3v) is 7.41. The zero-order valence-corrected chi connectivity index (χ0v) is 17.6. The van der Waals surface area contributed by atoms with E-state index in [0.717, 1.165) is 24.8 Å². The monoisotopic (exact) mass is 436 g/mol. The van der Waals surface area contributed by atoms with Gasteiger partial charge in [-0.05, 0) is 37.6 Å². The van der Waals surface area contributed by atoms with Crippen molar-refractivity contribution in [1.82, 2.24) is 5.48 Å². The van der Waals surface area contributed by atoms with Crippen LogP contribution in [0.2, 0.25) is 0 Å². The van der Waals surface area contributed by atoms with Gasteiger partial charge < -0.3 is 9.47 Å². The lowest BCUT2D eigenvalue weighted by atomic mass is 10.0. The lowest BCUT2D eigenvalue weighted by molar-refractivity contribution is -0.132. The van der Waals surface area contributed by atoms with Crippen molar-refractivity contribution < 1.29 is 32.7 Å². The number of anilines is 1. The summed E-state index contributed by atoms with van der Waals surface area (Å²) in [7, 11) is -3.89. The molecule has 162 valence electrons. The molecule has 3 rings (SSSR count). The van der Waals surface area contributed by atoms with Gasteiger partial charge in [0.05, 0.1) is 13.2 Å². The van der Waals surface area contributed by atoms with Crippen molar-refractivity contribution in [1.29, 1.82) is 0 Å². The number of rotatable bonds is 5. The summed E-state index contributed by atoms with van der Waals surface area (Å²) in [4.78, 5) is 25.7. The van der Waals surface area contributed by atoms with Crippen LogP contribution in [0.4, 0.5) is 10.5 Å². The Morgan fingerprint density at radius 2 is 2.07 bits per heavy atom. The molecule has 0 bridgehead atoms. The summed E-state index contributed by atoms with van der Waals surface area (Å²) in [6, 6.07) is 7.04. The van der Waals surface area contributed by atoms with E-state index < -0.39 is 32.7 Å². The van der Waals surface area contributed by atoms with E-state index in [2.05, 4.69) is 11.8 Å². The van der Waals surface area contributed by atoms with Crippen LogP contribution < -0.4 is 10.4 Å². The topological polar surface area (TPSA) is 122 Å². The van der Waals surface area contributed by atoms with Gasteiger partial charge >= 0.3 is 6.09 Å². The highest BCUT2D eigenvalue weighted by Crippen LogP contribution is 2.30. The lowest BCUT2D eigenvalue weighted by Gasteiger charge is -2.26. The van der Waals surface area contributed by atoms with E-state index in [1.807, 2.05) is 0 Å². The second-order valence-electron chi connectivity index (χ2n) is 7.64. The van der Waals surface area contributed by atoms with Gasteiger partial charge in [0.25, 0.3) is 5.91 Å². The molecule has 0 saturated carbocycles. The maximum Gasteiger partial charge on any atom is 0.414 e. The van der Waals surface area contributed by atoms with Gasteiger partial charge in [-0.1, -0.05) is 11.8 Å². The molecule has 0 radical (unpaired) electrons. The number of hydroxylamine groups is 1. The molecule has 2 amide bonds. The number of cyclic esters (lactones) is 1. The molecule has 2 N–H and O–H groups in total. The highest BCUT2D eigenvalue weighted by Gasteiger charge is 2.48. The fourth-order valence-electron chi connectivity index (χ4n) is 3.36. The van der Waals surface area contributed by atoms with Crippen molar-refractivity contribution in [3.63, 3.8) is 0 Å². The largest absolute Gasteiger partial charge is 0.444 e. The number of nitrogens with zero attached hydrogens (tertiary/aromatic N) is 1. The molecule has 0 spiro atoms. The summed E-state index contributed by atoms with van der Waals surface area (Å²) in [6.07, 6.45) is 0.0627. The zero-order chi connectivity index (χ0) is 21.9. The van der Waals surface area contributed by atoms with Crippen LogP contribution in [0.3, 0.4) is 0 Å². The van der Waals surface area contributed by atoms with Crippen molar-refractivity contribution in [2.75, 3.05) is 30.9 Å². The maximum absolute atomic E-state index is 12.3. The minimum absolute atomic E-state index is 0.0765. The van der Waals surface area contributed by atoms with Crippen molar-refractivity contribution in [2.24, 2.45) is 5.92 Å². The summed E-state index contributed by atoms with van der Waals surface area (Å²) >= 11 is 0. The van der Waals surface area contributed by atoms with E-state index in [-0.39, 0.29) is 18.9 Å². The number of benzene rings is 1. The minimum atomic E-state index is -3.89. The van der Waals surface area contributed by atoms with E-state index >= 15 is 0 Å². The van der Waals surface area contributed by atoms with E-state index in [4.69, 9.17) is 14.7 Å². The van der Waals surface area contributed by atoms with Gasteiger partial charge in [0.1, 0.15) is 6.10 Å². The van der Waals surface area contributed by atoms with Gasteiger partial charge in [-0.3, -0.25) is 14.9 Å². The first-order chi connectivity index (χ1) is 14.1. The predicted octanol–water partition coefficient (Wildman–Crippen LogP) is 1.10. The normalized spacial score (nSPS) is 23.3. The van der Waals surface area contributed by atoms with Gasteiger partial charge in [0.2, 0.25) is 0 Å². The first kappa shape index (κ1) is 22.1. The van der Waals surface area contributed by atoms with E-state index in [1.165, 1.54) is 17.3 Å². The van der Waals surface area contributed by atoms with Gasteiger partial charge in [-0.25, -0.2) is 18.7 Å². The summed E-state index contributed by atoms with van der Waals surface area (Å²) in [5, 5.41) is 8.93. The molecule has 9 nitrogen and oxygen atoms in total. The van der Waals surface area contributed by atoms with Gasteiger partial charge in [0.15, 0.2) is 14.6 Å². The van der Waals surface area contributed by atoms with Crippen molar-refractivity contribution in [2.45, 2.75) is 30.6 Å². The van der Waals surface area contributed by atoms with Crippen molar-refractivity contribution in [3.8, 4) is 11.8 Å². The molecule has 3 unspecified atom stereocenters.